The van der Waals surface area contributed by atoms with Crippen LogP contribution in [0.4, 0.5) is 4.79 Å². The highest BCUT2D eigenvalue weighted by Crippen LogP contribution is 2.15. The second kappa shape index (κ2) is 7.03. The van der Waals surface area contributed by atoms with Crippen LogP contribution in [0.15, 0.2) is 53.6 Å². The molecule has 0 aliphatic heterocycles. The number of benzene rings is 2. The molecule has 0 fully saturated rings. The van der Waals surface area contributed by atoms with E-state index in [1.807, 2.05) is 19.1 Å². The zero-order valence-electron chi connectivity index (χ0n) is 11.9. The van der Waals surface area contributed by atoms with Gasteiger partial charge in [0.15, 0.2) is 0 Å². The standard InChI is InChI=1S/C16H15N3O3/c1-11-4-2-3-5-14(11)15(20)22-13-8-6-12(7-9-13)10-18-19-16(17)21/h2-10H,1H3,(H3,17,19,21)/b18-10+. The molecule has 2 aromatic rings. The average molecular weight is 297 g/mol. The summed E-state index contributed by atoms with van der Waals surface area (Å²) in [4.78, 5) is 22.5. The van der Waals surface area contributed by atoms with Crippen molar-refractivity contribution in [3.63, 3.8) is 0 Å². The van der Waals surface area contributed by atoms with E-state index in [4.69, 9.17) is 10.5 Å². The topological polar surface area (TPSA) is 93.8 Å². The summed E-state index contributed by atoms with van der Waals surface area (Å²) in [5.74, 6) is 0.0168. The predicted octanol–water partition coefficient (Wildman–Crippen LogP) is 2.22. The molecule has 2 aromatic carbocycles. The number of amides is 2. The van der Waals surface area contributed by atoms with Crippen molar-refractivity contribution in [2.45, 2.75) is 6.92 Å². The molecule has 6 heteroatoms. The van der Waals surface area contributed by atoms with Crippen LogP contribution >= 0.6 is 0 Å². The fourth-order valence-corrected chi connectivity index (χ4v) is 1.76. The zero-order valence-corrected chi connectivity index (χ0v) is 11.9. The maximum absolute atomic E-state index is 12.1. The van der Waals surface area contributed by atoms with Crippen molar-refractivity contribution in [3.05, 3.63) is 65.2 Å². The van der Waals surface area contributed by atoms with Gasteiger partial charge in [-0.1, -0.05) is 18.2 Å². The monoisotopic (exact) mass is 297 g/mol. The Morgan fingerprint density at radius 1 is 1.14 bits per heavy atom. The molecule has 0 aliphatic rings. The number of hydrogen-bond donors (Lipinski definition) is 2. The Kier molecular flexibility index (Phi) is 4.87. The Labute approximate surface area is 127 Å². The summed E-state index contributed by atoms with van der Waals surface area (Å²) < 4.78 is 5.31. The molecular formula is C16H15N3O3. The van der Waals surface area contributed by atoms with E-state index in [9.17, 15) is 9.59 Å². The fraction of sp³-hybridized carbons (Fsp3) is 0.0625. The molecule has 0 unspecified atom stereocenters. The number of rotatable bonds is 4. The molecule has 22 heavy (non-hydrogen) atoms. The van der Waals surface area contributed by atoms with Gasteiger partial charge in [0.25, 0.3) is 0 Å². The summed E-state index contributed by atoms with van der Waals surface area (Å²) in [5, 5.41) is 3.63. The van der Waals surface area contributed by atoms with Gasteiger partial charge in [-0.3, -0.25) is 0 Å². The number of carbonyl (C=O) groups excluding carboxylic acids is 2. The number of aryl methyl sites for hydroxylation is 1. The van der Waals surface area contributed by atoms with E-state index < -0.39 is 12.0 Å². The van der Waals surface area contributed by atoms with Crippen molar-refractivity contribution < 1.29 is 14.3 Å². The van der Waals surface area contributed by atoms with Gasteiger partial charge in [-0.25, -0.2) is 15.0 Å². The molecule has 2 amide bonds. The van der Waals surface area contributed by atoms with E-state index in [1.165, 1.54) is 6.21 Å². The van der Waals surface area contributed by atoms with E-state index in [1.54, 1.807) is 36.4 Å². The first-order valence-corrected chi connectivity index (χ1v) is 6.52. The largest absolute Gasteiger partial charge is 0.423 e. The minimum Gasteiger partial charge on any atom is -0.423 e. The molecule has 0 heterocycles. The molecular weight excluding hydrogens is 282 g/mol. The highest BCUT2D eigenvalue weighted by atomic mass is 16.5. The summed E-state index contributed by atoms with van der Waals surface area (Å²) in [7, 11) is 0. The lowest BCUT2D eigenvalue weighted by atomic mass is 10.1. The number of nitrogens with one attached hydrogen (secondary N) is 1. The van der Waals surface area contributed by atoms with E-state index in [-0.39, 0.29) is 0 Å². The number of esters is 1. The SMILES string of the molecule is Cc1ccccc1C(=O)Oc1ccc(/C=N/NC(N)=O)cc1. The first-order chi connectivity index (χ1) is 10.6. The molecule has 3 N–H and O–H groups in total. The number of ether oxygens (including phenoxy) is 1. The van der Waals surface area contributed by atoms with E-state index in [2.05, 4.69) is 10.5 Å². The maximum atomic E-state index is 12.1. The van der Waals surface area contributed by atoms with Crippen LogP contribution in [0.25, 0.3) is 0 Å². The second-order valence-corrected chi connectivity index (χ2v) is 4.51. The van der Waals surface area contributed by atoms with Gasteiger partial charge >= 0.3 is 12.0 Å². The quantitative estimate of drug-likeness (QED) is 0.392. The van der Waals surface area contributed by atoms with Crippen LogP contribution in [0.3, 0.4) is 0 Å². The predicted molar refractivity (Wildman–Crippen MR) is 82.9 cm³/mol. The van der Waals surface area contributed by atoms with E-state index in [0.717, 1.165) is 11.1 Å². The van der Waals surface area contributed by atoms with E-state index in [0.29, 0.717) is 11.3 Å². The fourth-order valence-electron chi connectivity index (χ4n) is 1.76. The highest BCUT2D eigenvalue weighted by Gasteiger charge is 2.10. The van der Waals surface area contributed by atoms with Crippen LogP contribution in [-0.2, 0) is 0 Å². The maximum Gasteiger partial charge on any atom is 0.343 e. The molecule has 0 spiro atoms. The molecule has 6 nitrogen and oxygen atoms in total. The van der Waals surface area contributed by atoms with Crippen molar-refractivity contribution in [2.75, 3.05) is 0 Å². The summed E-state index contributed by atoms with van der Waals surface area (Å²) in [5.41, 5.74) is 9.08. The lowest BCUT2D eigenvalue weighted by molar-refractivity contribution is 0.0734. The van der Waals surface area contributed by atoms with Gasteiger partial charge in [0.1, 0.15) is 5.75 Å². The molecule has 0 aliphatic carbocycles. The number of urea groups is 1. The van der Waals surface area contributed by atoms with Gasteiger partial charge in [-0.15, -0.1) is 0 Å². The van der Waals surface area contributed by atoms with Gasteiger partial charge in [0, 0.05) is 0 Å². The molecule has 0 atom stereocenters. The summed E-state index contributed by atoms with van der Waals surface area (Å²) in [6, 6.07) is 13.2. The third kappa shape index (κ3) is 4.17. The Morgan fingerprint density at radius 3 is 2.45 bits per heavy atom. The van der Waals surface area contributed by atoms with Crippen LogP contribution in [0.5, 0.6) is 5.75 Å². The third-order valence-corrected chi connectivity index (χ3v) is 2.84. The van der Waals surface area contributed by atoms with Gasteiger partial charge in [-0.05, 0) is 48.4 Å². The Bertz CT molecular complexity index is 709. The molecule has 112 valence electrons. The van der Waals surface area contributed by atoms with Crippen molar-refractivity contribution in [1.82, 2.24) is 5.43 Å². The summed E-state index contributed by atoms with van der Waals surface area (Å²) >= 11 is 0. The smallest absolute Gasteiger partial charge is 0.343 e. The van der Waals surface area contributed by atoms with Crippen molar-refractivity contribution in [2.24, 2.45) is 10.8 Å². The van der Waals surface area contributed by atoms with E-state index >= 15 is 0 Å². The van der Waals surface area contributed by atoms with Crippen LogP contribution < -0.4 is 15.9 Å². The number of nitrogens with two attached hydrogens (primary N) is 1. The van der Waals surface area contributed by atoms with Gasteiger partial charge < -0.3 is 10.5 Å². The van der Waals surface area contributed by atoms with Crippen molar-refractivity contribution in [3.8, 4) is 5.75 Å². The second-order valence-electron chi connectivity index (χ2n) is 4.51. The van der Waals surface area contributed by atoms with Gasteiger partial charge in [0.05, 0.1) is 11.8 Å². The van der Waals surface area contributed by atoms with Crippen LogP contribution in [0, 0.1) is 6.92 Å². The van der Waals surface area contributed by atoms with Crippen LogP contribution in [-0.4, -0.2) is 18.2 Å². The average Bonchev–Trinajstić information content (AvgIpc) is 2.49. The zero-order chi connectivity index (χ0) is 15.9. The van der Waals surface area contributed by atoms with Crippen molar-refractivity contribution >= 4 is 18.2 Å². The first kappa shape index (κ1) is 15.2. The molecule has 0 saturated heterocycles. The summed E-state index contributed by atoms with van der Waals surface area (Å²) in [6.07, 6.45) is 1.43. The molecule has 2 rings (SSSR count). The van der Waals surface area contributed by atoms with Crippen molar-refractivity contribution in [1.29, 1.82) is 0 Å². The van der Waals surface area contributed by atoms with Gasteiger partial charge in [-0.2, -0.15) is 5.10 Å². The first-order valence-electron chi connectivity index (χ1n) is 6.52. The number of hydrogen-bond acceptors (Lipinski definition) is 4. The minimum absolute atomic E-state index is 0.407. The Hall–Kier alpha value is -3.15. The summed E-state index contributed by atoms with van der Waals surface area (Å²) in [6.45, 7) is 1.85. The Morgan fingerprint density at radius 2 is 1.82 bits per heavy atom. The van der Waals surface area contributed by atoms with Crippen LogP contribution in [0.1, 0.15) is 21.5 Å². The number of primary amides is 1. The normalized spacial score (nSPS) is 10.4. The van der Waals surface area contributed by atoms with Gasteiger partial charge in [0.2, 0.25) is 0 Å². The minimum atomic E-state index is -0.736. The Balaban J connectivity index is 2.02. The number of nitrogens with zero attached hydrogens (tertiary/aromatic N) is 1. The number of hydrazone groups is 1. The third-order valence-electron chi connectivity index (χ3n) is 2.84. The molecule has 0 aromatic heterocycles. The molecule has 0 bridgehead atoms. The van der Waals surface area contributed by atoms with Crippen LogP contribution in [0.2, 0.25) is 0 Å². The lowest BCUT2D eigenvalue weighted by Crippen LogP contribution is -2.24. The molecule has 0 radical (unpaired) electrons. The highest BCUT2D eigenvalue weighted by molar-refractivity contribution is 5.92. The number of carbonyl (C=O) groups is 2. The lowest BCUT2D eigenvalue weighted by Gasteiger charge is -2.06. The molecule has 0 saturated carbocycles.